The predicted octanol–water partition coefficient (Wildman–Crippen LogP) is 2.13. The van der Waals surface area contributed by atoms with Gasteiger partial charge in [0.15, 0.2) is 0 Å². The molecule has 0 radical (unpaired) electrons. The Labute approximate surface area is 94.5 Å². The highest BCUT2D eigenvalue weighted by Gasteiger charge is 2.12. The highest BCUT2D eigenvalue weighted by atomic mass is 19.1. The van der Waals surface area contributed by atoms with Gasteiger partial charge in [-0.05, 0) is 24.1 Å². The first kappa shape index (κ1) is 12.5. The van der Waals surface area contributed by atoms with E-state index in [0.29, 0.717) is 5.69 Å². The van der Waals surface area contributed by atoms with Crippen molar-refractivity contribution in [3.05, 3.63) is 29.6 Å². The molecule has 16 heavy (non-hydrogen) atoms. The van der Waals surface area contributed by atoms with Crippen LogP contribution in [0.15, 0.2) is 18.2 Å². The molecule has 0 aromatic heterocycles. The normalized spacial score (nSPS) is 12.2. The van der Waals surface area contributed by atoms with Gasteiger partial charge in [0, 0.05) is 5.69 Å². The van der Waals surface area contributed by atoms with Gasteiger partial charge in [-0.2, -0.15) is 5.26 Å². The van der Waals surface area contributed by atoms with Crippen LogP contribution in [0.5, 0.6) is 0 Å². The van der Waals surface area contributed by atoms with Gasteiger partial charge in [0.2, 0.25) is 0 Å². The molecule has 0 saturated heterocycles. The van der Waals surface area contributed by atoms with Crippen molar-refractivity contribution < 1.29 is 9.50 Å². The number of nitrogens with one attached hydrogen (secondary N) is 1. The van der Waals surface area contributed by atoms with Crippen molar-refractivity contribution in [2.75, 3.05) is 11.9 Å². The zero-order valence-corrected chi connectivity index (χ0v) is 9.37. The van der Waals surface area contributed by atoms with Crippen molar-refractivity contribution >= 4 is 5.69 Å². The molecular formula is C12H15FN2O. The quantitative estimate of drug-likeness (QED) is 0.820. The van der Waals surface area contributed by atoms with Crippen LogP contribution in [0.25, 0.3) is 0 Å². The number of nitrogens with zero attached hydrogens (tertiary/aromatic N) is 1. The fourth-order valence-corrected chi connectivity index (χ4v) is 1.37. The third kappa shape index (κ3) is 3.21. The van der Waals surface area contributed by atoms with E-state index in [-0.39, 0.29) is 24.1 Å². The lowest BCUT2D eigenvalue weighted by atomic mass is 10.0. The van der Waals surface area contributed by atoms with Gasteiger partial charge < -0.3 is 10.4 Å². The summed E-state index contributed by atoms with van der Waals surface area (Å²) >= 11 is 0. The van der Waals surface area contributed by atoms with Crippen LogP contribution < -0.4 is 5.32 Å². The van der Waals surface area contributed by atoms with Gasteiger partial charge in [-0.3, -0.25) is 0 Å². The van der Waals surface area contributed by atoms with Gasteiger partial charge in [-0.1, -0.05) is 13.8 Å². The van der Waals surface area contributed by atoms with Crippen molar-refractivity contribution in [3.8, 4) is 6.07 Å². The summed E-state index contributed by atoms with van der Waals surface area (Å²) in [6, 6.07) is 5.79. The summed E-state index contributed by atoms with van der Waals surface area (Å²) < 4.78 is 13.1. The molecule has 0 aliphatic rings. The molecule has 2 N–H and O–H groups in total. The summed E-state index contributed by atoms with van der Waals surface area (Å²) in [4.78, 5) is 0. The Morgan fingerprint density at radius 1 is 1.44 bits per heavy atom. The number of rotatable bonds is 4. The number of halogens is 1. The summed E-state index contributed by atoms with van der Waals surface area (Å²) in [6.07, 6.45) is 0. The zero-order chi connectivity index (χ0) is 12.1. The molecule has 0 fully saturated rings. The Hall–Kier alpha value is -1.60. The maximum Gasteiger partial charge on any atom is 0.126 e. The third-order valence-corrected chi connectivity index (χ3v) is 2.38. The van der Waals surface area contributed by atoms with Crippen LogP contribution in [0, 0.1) is 23.1 Å². The number of hydrogen-bond donors (Lipinski definition) is 2. The van der Waals surface area contributed by atoms with E-state index in [1.54, 1.807) is 6.07 Å². The lowest BCUT2D eigenvalue weighted by Gasteiger charge is -2.21. The van der Waals surface area contributed by atoms with E-state index >= 15 is 0 Å². The van der Waals surface area contributed by atoms with E-state index in [2.05, 4.69) is 5.32 Å². The molecule has 1 aromatic rings. The van der Waals surface area contributed by atoms with Crippen LogP contribution in [0.4, 0.5) is 10.1 Å². The molecule has 4 heteroatoms. The molecule has 0 bridgehead atoms. The van der Waals surface area contributed by atoms with E-state index in [0.717, 1.165) is 0 Å². The zero-order valence-electron chi connectivity index (χ0n) is 9.37. The molecule has 1 atom stereocenters. The Kier molecular flexibility index (Phi) is 4.27. The average molecular weight is 222 g/mol. The molecule has 0 aliphatic heterocycles. The molecule has 0 heterocycles. The fraction of sp³-hybridized carbons (Fsp3) is 0.417. The topological polar surface area (TPSA) is 56.0 Å². The monoisotopic (exact) mass is 222 g/mol. The van der Waals surface area contributed by atoms with Crippen LogP contribution in [0.2, 0.25) is 0 Å². The van der Waals surface area contributed by atoms with Gasteiger partial charge in [-0.25, -0.2) is 4.39 Å². The molecule has 0 amide bonds. The molecule has 0 saturated carbocycles. The second kappa shape index (κ2) is 5.47. The first-order valence-corrected chi connectivity index (χ1v) is 5.15. The first-order chi connectivity index (χ1) is 7.56. The van der Waals surface area contributed by atoms with E-state index < -0.39 is 5.82 Å². The predicted molar refractivity (Wildman–Crippen MR) is 60.4 cm³/mol. The molecule has 1 aromatic carbocycles. The van der Waals surface area contributed by atoms with Crippen LogP contribution in [-0.2, 0) is 0 Å². The number of aliphatic hydroxyl groups excluding tert-OH is 1. The third-order valence-electron chi connectivity index (χ3n) is 2.38. The second-order valence-corrected chi connectivity index (χ2v) is 4.02. The smallest absolute Gasteiger partial charge is 0.126 e. The lowest BCUT2D eigenvalue weighted by Crippen LogP contribution is -2.29. The van der Waals surface area contributed by atoms with Crippen molar-refractivity contribution in [2.45, 2.75) is 19.9 Å². The number of nitriles is 1. The molecular weight excluding hydrogens is 207 g/mol. The molecule has 3 nitrogen and oxygen atoms in total. The lowest BCUT2D eigenvalue weighted by molar-refractivity contribution is 0.249. The van der Waals surface area contributed by atoms with Gasteiger partial charge in [0.05, 0.1) is 24.3 Å². The van der Waals surface area contributed by atoms with Gasteiger partial charge >= 0.3 is 0 Å². The number of aliphatic hydroxyl groups is 1. The van der Waals surface area contributed by atoms with Crippen LogP contribution in [0.1, 0.15) is 19.4 Å². The van der Waals surface area contributed by atoms with E-state index in [9.17, 15) is 4.39 Å². The van der Waals surface area contributed by atoms with E-state index in [1.165, 1.54) is 12.1 Å². The summed E-state index contributed by atoms with van der Waals surface area (Å²) in [5.74, 6) is -0.235. The Morgan fingerprint density at radius 3 is 2.62 bits per heavy atom. The summed E-state index contributed by atoms with van der Waals surface area (Å²) in [7, 11) is 0. The van der Waals surface area contributed by atoms with E-state index in [1.807, 2.05) is 19.9 Å². The first-order valence-electron chi connectivity index (χ1n) is 5.15. The number of benzene rings is 1. The van der Waals surface area contributed by atoms with Crippen molar-refractivity contribution in [1.29, 1.82) is 5.26 Å². The highest BCUT2D eigenvalue weighted by molar-refractivity contribution is 5.50. The summed E-state index contributed by atoms with van der Waals surface area (Å²) in [6.45, 7) is 3.88. The van der Waals surface area contributed by atoms with Gasteiger partial charge in [-0.15, -0.1) is 0 Å². The minimum absolute atomic E-state index is 0.0317. The van der Waals surface area contributed by atoms with Crippen LogP contribution in [0.3, 0.4) is 0 Å². The maximum atomic E-state index is 13.1. The van der Waals surface area contributed by atoms with Crippen LogP contribution >= 0.6 is 0 Å². The molecule has 0 aliphatic carbocycles. The number of anilines is 1. The van der Waals surface area contributed by atoms with Crippen LogP contribution in [-0.4, -0.2) is 17.8 Å². The molecule has 1 rings (SSSR count). The standard InChI is InChI=1S/C12H15FN2O/c1-8(2)12(7-16)15-11-4-9(6-14)3-10(13)5-11/h3-5,8,12,15-16H,7H2,1-2H3. The highest BCUT2D eigenvalue weighted by Crippen LogP contribution is 2.16. The molecule has 1 unspecified atom stereocenters. The van der Waals surface area contributed by atoms with Crippen molar-refractivity contribution in [3.63, 3.8) is 0 Å². The van der Waals surface area contributed by atoms with E-state index in [4.69, 9.17) is 10.4 Å². The summed E-state index contributed by atoms with van der Waals surface area (Å²) in [5, 5.41) is 20.8. The summed E-state index contributed by atoms with van der Waals surface area (Å²) in [5.41, 5.74) is 0.784. The van der Waals surface area contributed by atoms with Gasteiger partial charge in [0.25, 0.3) is 0 Å². The SMILES string of the molecule is CC(C)C(CO)Nc1cc(F)cc(C#N)c1. The number of hydrogen-bond acceptors (Lipinski definition) is 3. The fourth-order valence-electron chi connectivity index (χ4n) is 1.37. The largest absolute Gasteiger partial charge is 0.394 e. The van der Waals surface area contributed by atoms with Crippen molar-refractivity contribution in [1.82, 2.24) is 0 Å². The minimum atomic E-state index is -0.456. The van der Waals surface area contributed by atoms with Gasteiger partial charge in [0.1, 0.15) is 5.82 Å². The average Bonchev–Trinajstić information content (AvgIpc) is 2.24. The second-order valence-electron chi connectivity index (χ2n) is 4.02. The molecule has 0 spiro atoms. The Bertz CT molecular complexity index is 398. The van der Waals surface area contributed by atoms with Crippen molar-refractivity contribution in [2.24, 2.45) is 5.92 Å². The maximum absolute atomic E-state index is 13.1. The Morgan fingerprint density at radius 2 is 2.12 bits per heavy atom. The Balaban J connectivity index is 2.88. The minimum Gasteiger partial charge on any atom is -0.394 e. The molecule has 86 valence electrons.